The van der Waals surface area contributed by atoms with E-state index in [0.29, 0.717) is 0 Å². The molecular formula is C45H45N3. The molecular weight excluding hydrogens is 583 g/mol. The van der Waals surface area contributed by atoms with E-state index in [0.717, 1.165) is 44.8 Å². The van der Waals surface area contributed by atoms with Crippen molar-refractivity contribution < 1.29 is 0 Å². The van der Waals surface area contributed by atoms with Gasteiger partial charge in [-0.1, -0.05) is 134 Å². The third-order valence-electron chi connectivity index (χ3n) is 9.83. The van der Waals surface area contributed by atoms with Crippen molar-refractivity contribution in [3.8, 4) is 33.6 Å². The van der Waals surface area contributed by atoms with Crippen molar-refractivity contribution in [1.82, 2.24) is 15.0 Å². The topological polar surface area (TPSA) is 41.6 Å². The second kappa shape index (κ2) is 11.6. The van der Waals surface area contributed by atoms with E-state index in [1.165, 1.54) is 33.0 Å². The maximum absolute atomic E-state index is 5.42. The van der Waals surface area contributed by atoms with Crippen molar-refractivity contribution in [2.45, 2.75) is 71.6 Å². The zero-order chi connectivity index (χ0) is 33.8. The summed E-state index contributed by atoms with van der Waals surface area (Å²) in [5.41, 5.74) is 13.4. The van der Waals surface area contributed by atoms with Gasteiger partial charge in [0.2, 0.25) is 0 Å². The van der Waals surface area contributed by atoms with Crippen molar-refractivity contribution in [2.75, 3.05) is 0 Å². The normalized spacial score (nSPS) is 12.6. The highest BCUT2D eigenvalue weighted by Gasteiger charge is 2.26. The molecule has 0 spiro atoms. The summed E-state index contributed by atoms with van der Waals surface area (Å²) in [5, 5.41) is 2.43. The smallest absolute Gasteiger partial charge is 0.0736 e. The fraction of sp³-hybridized carbons (Fsp3) is 0.244. The minimum atomic E-state index is -0.268. The van der Waals surface area contributed by atoms with Crippen LogP contribution in [0.25, 0.3) is 55.4 Å². The van der Waals surface area contributed by atoms with Crippen molar-refractivity contribution in [3.63, 3.8) is 0 Å². The fourth-order valence-corrected chi connectivity index (χ4v) is 6.68. The van der Waals surface area contributed by atoms with Crippen LogP contribution in [0.3, 0.4) is 0 Å². The molecule has 0 unspecified atom stereocenters. The first-order valence-electron chi connectivity index (χ1n) is 17.0. The van der Waals surface area contributed by atoms with Gasteiger partial charge in [0.05, 0.1) is 22.6 Å². The highest BCUT2D eigenvalue weighted by Crippen LogP contribution is 2.39. The van der Waals surface area contributed by atoms with Crippen LogP contribution in [0.4, 0.5) is 0 Å². The Bertz CT molecular complexity index is 2240. The second-order valence-electron chi connectivity index (χ2n) is 15.7. The number of benzene rings is 4. The summed E-state index contributed by atoms with van der Waals surface area (Å²) < 4.78 is 0. The Balaban J connectivity index is 1.48. The van der Waals surface area contributed by atoms with E-state index in [9.17, 15) is 0 Å². The first-order chi connectivity index (χ1) is 22.8. The van der Waals surface area contributed by atoms with Crippen LogP contribution in [0.1, 0.15) is 77.8 Å². The van der Waals surface area contributed by atoms with Gasteiger partial charge in [-0.05, 0) is 75.0 Å². The maximum Gasteiger partial charge on any atom is 0.0736 e. The van der Waals surface area contributed by atoms with E-state index < -0.39 is 0 Å². The minimum Gasteiger partial charge on any atom is -0.354 e. The number of aromatic nitrogens is 3. The van der Waals surface area contributed by atoms with Crippen LogP contribution in [0.2, 0.25) is 0 Å². The SMILES string of the molecule is CC(C)(C)c1cc(-c2cc(-c3cccc(C(C)(C)c4ccccn4)c3)nc(-c3cccc4c3[nH]c3ccccc34)c2)cc(C(C)(C)C)c1. The first kappa shape index (κ1) is 31.6. The molecule has 7 rings (SSSR count). The number of rotatable bonds is 5. The number of fused-ring (bicyclic) bond motifs is 3. The zero-order valence-corrected chi connectivity index (χ0v) is 29.4. The van der Waals surface area contributed by atoms with Crippen LogP contribution in [0.5, 0.6) is 0 Å². The molecule has 0 bridgehead atoms. The molecule has 240 valence electrons. The summed E-state index contributed by atoms with van der Waals surface area (Å²) in [6.45, 7) is 18.3. The molecule has 7 aromatic rings. The molecule has 3 heteroatoms. The minimum absolute atomic E-state index is 0.00996. The summed E-state index contributed by atoms with van der Waals surface area (Å²) in [6, 6.07) is 41.8. The van der Waals surface area contributed by atoms with Gasteiger partial charge in [0.25, 0.3) is 0 Å². The van der Waals surface area contributed by atoms with E-state index in [2.05, 4.69) is 170 Å². The van der Waals surface area contributed by atoms with Crippen LogP contribution >= 0.6 is 0 Å². The molecule has 0 atom stereocenters. The standard InChI is InChI=1S/C45H45N3/c1-43(2,3)33-24-30(25-34(28-33)44(4,5)6)31-26-39(29-15-13-16-32(23-29)45(7,8)41-21-11-12-22-46-41)47-40(27-31)37-19-14-18-36-35-17-9-10-20-38(35)48-42(36)37/h9-28,48H,1-8H3. The highest BCUT2D eigenvalue weighted by atomic mass is 14.7. The van der Waals surface area contributed by atoms with Crippen LogP contribution in [0, 0.1) is 0 Å². The Morgan fingerprint density at radius 2 is 1.12 bits per heavy atom. The second-order valence-corrected chi connectivity index (χ2v) is 15.7. The van der Waals surface area contributed by atoms with Crippen LogP contribution in [-0.4, -0.2) is 15.0 Å². The Morgan fingerprint density at radius 3 is 1.83 bits per heavy atom. The molecule has 0 aliphatic heterocycles. The number of pyridine rings is 2. The van der Waals surface area contributed by atoms with Gasteiger partial charge in [0.15, 0.2) is 0 Å². The first-order valence-corrected chi connectivity index (χ1v) is 17.0. The summed E-state index contributed by atoms with van der Waals surface area (Å²) in [5.74, 6) is 0. The molecule has 0 aliphatic rings. The van der Waals surface area contributed by atoms with E-state index in [-0.39, 0.29) is 16.2 Å². The third-order valence-corrected chi connectivity index (χ3v) is 9.83. The Kier molecular flexibility index (Phi) is 7.63. The van der Waals surface area contributed by atoms with Gasteiger partial charge in [-0.3, -0.25) is 4.98 Å². The number of hydrogen-bond acceptors (Lipinski definition) is 2. The van der Waals surface area contributed by atoms with Crippen molar-refractivity contribution >= 4 is 21.8 Å². The van der Waals surface area contributed by atoms with Gasteiger partial charge >= 0.3 is 0 Å². The van der Waals surface area contributed by atoms with E-state index >= 15 is 0 Å². The fourth-order valence-electron chi connectivity index (χ4n) is 6.68. The molecule has 3 nitrogen and oxygen atoms in total. The Labute approximate surface area is 285 Å². The average Bonchev–Trinajstić information content (AvgIpc) is 3.46. The van der Waals surface area contributed by atoms with Crippen LogP contribution in [0.15, 0.2) is 121 Å². The highest BCUT2D eigenvalue weighted by molar-refractivity contribution is 6.11. The number of nitrogens with one attached hydrogen (secondary N) is 1. The summed E-state index contributed by atoms with van der Waals surface area (Å²) >= 11 is 0. The molecule has 3 heterocycles. The summed E-state index contributed by atoms with van der Waals surface area (Å²) in [4.78, 5) is 13.9. The molecule has 0 radical (unpaired) electrons. The van der Waals surface area contributed by atoms with Gasteiger partial charge in [-0.25, -0.2) is 4.98 Å². The average molecular weight is 628 g/mol. The lowest BCUT2D eigenvalue weighted by Gasteiger charge is -2.26. The Hall–Kier alpha value is -5.02. The van der Waals surface area contributed by atoms with E-state index in [4.69, 9.17) is 9.97 Å². The van der Waals surface area contributed by atoms with Gasteiger partial charge < -0.3 is 4.98 Å². The molecule has 48 heavy (non-hydrogen) atoms. The van der Waals surface area contributed by atoms with E-state index in [1.54, 1.807) is 0 Å². The van der Waals surface area contributed by atoms with Gasteiger partial charge in [-0.2, -0.15) is 0 Å². The third kappa shape index (κ3) is 5.83. The zero-order valence-electron chi connectivity index (χ0n) is 29.4. The summed E-state index contributed by atoms with van der Waals surface area (Å²) in [7, 11) is 0. The van der Waals surface area contributed by atoms with Crippen molar-refractivity contribution in [2.24, 2.45) is 0 Å². The van der Waals surface area contributed by atoms with Crippen molar-refractivity contribution in [3.05, 3.63) is 144 Å². The van der Waals surface area contributed by atoms with Gasteiger partial charge in [-0.15, -0.1) is 0 Å². The van der Waals surface area contributed by atoms with Crippen molar-refractivity contribution in [1.29, 1.82) is 0 Å². The lowest BCUT2D eigenvalue weighted by molar-refractivity contribution is 0.569. The molecule has 0 amide bonds. The molecule has 3 aromatic heterocycles. The predicted octanol–water partition coefficient (Wildman–Crippen LogP) is 12.0. The molecule has 0 aliphatic carbocycles. The van der Waals surface area contributed by atoms with Gasteiger partial charge in [0.1, 0.15) is 0 Å². The monoisotopic (exact) mass is 627 g/mol. The van der Waals surface area contributed by atoms with E-state index in [1.807, 2.05) is 12.3 Å². The number of H-pyrrole nitrogens is 1. The molecule has 0 saturated heterocycles. The number of hydrogen-bond donors (Lipinski definition) is 1. The molecule has 4 aromatic carbocycles. The van der Waals surface area contributed by atoms with Gasteiger partial charge in [0, 0.05) is 39.0 Å². The van der Waals surface area contributed by atoms with Crippen LogP contribution in [-0.2, 0) is 16.2 Å². The number of nitrogens with zero attached hydrogens (tertiary/aromatic N) is 2. The molecule has 1 N–H and O–H groups in total. The predicted molar refractivity (Wildman–Crippen MR) is 204 cm³/mol. The number of para-hydroxylation sites is 2. The quantitative estimate of drug-likeness (QED) is 0.206. The largest absolute Gasteiger partial charge is 0.354 e. The van der Waals surface area contributed by atoms with Crippen LogP contribution < -0.4 is 0 Å². The number of aromatic amines is 1. The lowest BCUT2D eigenvalue weighted by Crippen LogP contribution is -2.20. The summed E-state index contributed by atoms with van der Waals surface area (Å²) in [6.07, 6.45) is 1.88. The lowest BCUT2D eigenvalue weighted by atomic mass is 9.78. The molecule has 0 saturated carbocycles. The molecule has 0 fully saturated rings. The Morgan fingerprint density at radius 1 is 0.500 bits per heavy atom. The maximum atomic E-state index is 5.42.